The van der Waals surface area contributed by atoms with Crippen LogP contribution in [0.3, 0.4) is 0 Å². The van der Waals surface area contributed by atoms with Gasteiger partial charge in [0, 0.05) is 0 Å². The lowest BCUT2D eigenvalue weighted by molar-refractivity contribution is -0.0208. The van der Waals surface area contributed by atoms with Crippen LogP contribution in [0.1, 0.15) is 218 Å². The van der Waals surface area contributed by atoms with Crippen molar-refractivity contribution in [3.63, 3.8) is 0 Å². The first-order valence-electron chi connectivity index (χ1n) is 24.2. The van der Waals surface area contributed by atoms with Gasteiger partial charge in [-0.3, -0.25) is 0 Å². The van der Waals surface area contributed by atoms with Crippen molar-refractivity contribution >= 4 is 0 Å². The van der Waals surface area contributed by atoms with Gasteiger partial charge in [0.15, 0.2) is 0 Å². The van der Waals surface area contributed by atoms with Gasteiger partial charge in [-0.25, -0.2) is 0 Å². The van der Waals surface area contributed by atoms with Gasteiger partial charge in [0.25, 0.3) is 0 Å². The molecular weight excluding hydrogens is 601 g/mol. The van der Waals surface area contributed by atoms with Gasteiger partial charge in [0.05, 0.1) is 0 Å². The molecule has 0 N–H and O–H groups in total. The van der Waals surface area contributed by atoms with E-state index in [1.54, 1.807) is 64.2 Å². The average molecular weight is 683 g/mol. The second kappa shape index (κ2) is 18.2. The molecular formula is C50H82. The SMILES string of the molecule is C(=C(C1CCCCC1)C1CCCCC1)C1CCC(C2CCC(C3CCC(C=C(C4CCCCC4)C4CCCCC4)CC3)C3CCCCC23)CC1. The molecule has 50 heavy (non-hydrogen) atoms. The second-order valence-corrected chi connectivity index (χ2v) is 20.5. The number of allylic oxidation sites excluding steroid dienone is 4. The van der Waals surface area contributed by atoms with Gasteiger partial charge in [-0.1, -0.05) is 113 Å². The highest BCUT2D eigenvalue weighted by atomic mass is 14.5. The molecule has 0 heteroatoms. The molecule has 0 spiro atoms. The first-order valence-corrected chi connectivity index (χ1v) is 24.2. The summed E-state index contributed by atoms with van der Waals surface area (Å²) in [5, 5.41) is 0. The first kappa shape index (κ1) is 36.5. The van der Waals surface area contributed by atoms with E-state index in [4.69, 9.17) is 0 Å². The number of hydrogen-bond acceptors (Lipinski definition) is 0. The van der Waals surface area contributed by atoms with Crippen molar-refractivity contribution in [2.24, 2.45) is 71.0 Å². The molecule has 0 saturated heterocycles. The molecule has 0 aromatic heterocycles. The standard InChI is InChI=1S/C50H82/c1-5-15-39(16-6-1)49(40-17-7-2-8-18-40)35-37-25-29-43(30-26-37)45-33-34-46(48-24-14-13-23-47(45)48)44-31-27-38(28-32-44)36-50(41-19-9-3-10-20-41)42-21-11-4-12-22-42/h35-48H,1-34H2. The van der Waals surface area contributed by atoms with Gasteiger partial charge < -0.3 is 0 Å². The van der Waals surface area contributed by atoms with E-state index in [0.29, 0.717) is 0 Å². The van der Waals surface area contributed by atoms with Crippen LogP contribution in [0.2, 0.25) is 0 Å². The Morgan fingerprint density at radius 1 is 0.240 bits per heavy atom. The maximum absolute atomic E-state index is 2.97. The summed E-state index contributed by atoms with van der Waals surface area (Å²) in [6.07, 6.45) is 58.1. The van der Waals surface area contributed by atoms with E-state index < -0.39 is 0 Å². The van der Waals surface area contributed by atoms with E-state index in [0.717, 1.165) is 71.0 Å². The van der Waals surface area contributed by atoms with E-state index in [-0.39, 0.29) is 0 Å². The maximum atomic E-state index is 2.97. The third kappa shape index (κ3) is 8.88. The van der Waals surface area contributed by atoms with Crippen molar-refractivity contribution in [1.82, 2.24) is 0 Å². The summed E-state index contributed by atoms with van der Waals surface area (Å²) in [7, 11) is 0. The predicted octanol–water partition coefficient (Wildman–Crippen LogP) is 15.6. The lowest BCUT2D eigenvalue weighted by Gasteiger charge is -2.52. The van der Waals surface area contributed by atoms with Crippen molar-refractivity contribution in [1.29, 1.82) is 0 Å². The van der Waals surface area contributed by atoms with Crippen molar-refractivity contribution in [2.45, 2.75) is 218 Å². The topological polar surface area (TPSA) is 0 Å². The fraction of sp³-hybridized carbons (Fsp3) is 0.920. The van der Waals surface area contributed by atoms with E-state index in [1.165, 1.54) is 154 Å². The Morgan fingerprint density at radius 2 is 0.520 bits per heavy atom. The lowest BCUT2D eigenvalue weighted by Crippen LogP contribution is -2.43. The molecule has 0 amide bonds. The Bertz CT molecular complexity index is 927. The third-order valence-electron chi connectivity index (χ3n) is 17.8. The van der Waals surface area contributed by atoms with Crippen LogP contribution in [-0.2, 0) is 0 Å². The summed E-state index contributed by atoms with van der Waals surface area (Å²) >= 11 is 0. The smallest absolute Gasteiger partial charge is 0.0200 e. The fourth-order valence-electron chi connectivity index (χ4n) is 15.2. The molecule has 8 rings (SSSR count). The van der Waals surface area contributed by atoms with E-state index in [1.807, 2.05) is 11.1 Å². The lowest BCUT2D eigenvalue weighted by atomic mass is 9.53. The molecule has 0 bridgehead atoms. The molecule has 0 heterocycles. The Balaban J connectivity index is 0.869. The van der Waals surface area contributed by atoms with E-state index in [2.05, 4.69) is 12.2 Å². The van der Waals surface area contributed by atoms with Crippen LogP contribution in [0.4, 0.5) is 0 Å². The Labute approximate surface area is 311 Å². The van der Waals surface area contributed by atoms with Crippen LogP contribution in [0.15, 0.2) is 23.3 Å². The highest BCUT2D eigenvalue weighted by Crippen LogP contribution is 2.56. The zero-order valence-corrected chi connectivity index (χ0v) is 33.1. The van der Waals surface area contributed by atoms with Crippen molar-refractivity contribution in [3.05, 3.63) is 23.3 Å². The molecule has 8 fully saturated rings. The highest BCUT2D eigenvalue weighted by molar-refractivity contribution is 5.16. The largest absolute Gasteiger partial charge is 0.0817 e. The fourth-order valence-corrected chi connectivity index (χ4v) is 15.2. The monoisotopic (exact) mass is 683 g/mol. The minimum absolute atomic E-state index is 0.921. The van der Waals surface area contributed by atoms with Crippen LogP contribution in [0, 0.1) is 71.0 Å². The van der Waals surface area contributed by atoms with Crippen LogP contribution in [0.25, 0.3) is 0 Å². The molecule has 8 aliphatic carbocycles. The van der Waals surface area contributed by atoms with Crippen LogP contribution in [0.5, 0.6) is 0 Å². The summed E-state index contributed by atoms with van der Waals surface area (Å²) in [6, 6.07) is 0. The van der Waals surface area contributed by atoms with Gasteiger partial charge in [0.2, 0.25) is 0 Å². The molecule has 282 valence electrons. The second-order valence-electron chi connectivity index (χ2n) is 20.5. The molecule has 8 saturated carbocycles. The molecule has 0 aliphatic heterocycles. The van der Waals surface area contributed by atoms with Gasteiger partial charge in [-0.05, 0) is 199 Å². The van der Waals surface area contributed by atoms with Gasteiger partial charge in [-0.15, -0.1) is 0 Å². The van der Waals surface area contributed by atoms with Crippen LogP contribution >= 0.6 is 0 Å². The molecule has 4 atom stereocenters. The molecule has 0 nitrogen and oxygen atoms in total. The molecule has 0 radical (unpaired) electrons. The van der Waals surface area contributed by atoms with Gasteiger partial charge >= 0.3 is 0 Å². The molecule has 0 aromatic carbocycles. The normalized spacial score (nSPS) is 39.0. The third-order valence-corrected chi connectivity index (χ3v) is 17.8. The number of hydrogen-bond donors (Lipinski definition) is 0. The Kier molecular flexibility index (Phi) is 13.3. The summed E-state index contributed by atoms with van der Waals surface area (Å²) in [5.41, 5.74) is 4.01. The first-order chi connectivity index (χ1) is 24.8. The molecule has 0 aromatic rings. The summed E-state index contributed by atoms with van der Waals surface area (Å²) in [6.45, 7) is 0. The summed E-state index contributed by atoms with van der Waals surface area (Å²) in [5.74, 6) is 12.2. The minimum Gasteiger partial charge on any atom is -0.0817 e. The zero-order valence-electron chi connectivity index (χ0n) is 33.1. The average Bonchev–Trinajstić information content (AvgIpc) is 3.20. The molecule has 4 unspecified atom stereocenters. The number of rotatable bonds is 8. The Morgan fingerprint density at radius 3 is 0.820 bits per heavy atom. The Hall–Kier alpha value is -0.520. The number of fused-ring (bicyclic) bond motifs is 1. The van der Waals surface area contributed by atoms with Crippen molar-refractivity contribution < 1.29 is 0 Å². The van der Waals surface area contributed by atoms with Gasteiger partial charge in [-0.2, -0.15) is 0 Å². The predicted molar refractivity (Wildman–Crippen MR) is 215 cm³/mol. The van der Waals surface area contributed by atoms with Gasteiger partial charge in [0.1, 0.15) is 0 Å². The minimum atomic E-state index is 0.921. The summed E-state index contributed by atoms with van der Waals surface area (Å²) < 4.78 is 0. The quantitative estimate of drug-likeness (QED) is 0.224. The highest BCUT2D eigenvalue weighted by Gasteiger charge is 2.46. The van der Waals surface area contributed by atoms with Crippen molar-refractivity contribution in [2.75, 3.05) is 0 Å². The van der Waals surface area contributed by atoms with Crippen LogP contribution in [-0.4, -0.2) is 0 Å². The van der Waals surface area contributed by atoms with Crippen LogP contribution < -0.4 is 0 Å². The summed E-state index contributed by atoms with van der Waals surface area (Å²) in [4.78, 5) is 0. The van der Waals surface area contributed by atoms with E-state index >= 15 is 0 Å². The molecule has 8 aliphatic rings. The van der Waals surface area contributed by atoms with Crippen molar-refractivity contribution in [3.8, 4) is 0 Å². The van der Waals surface area contributed by atoms with E-state index in [9.17, 15) is 0 Å². The zero-order chi connectivity index (χ0) is 33.5. The maximum Gasteiger partial charge on any atom is -0.0200 e.